The monoisotopic (exact) mass is 464 g/mol. The van der Waals surface area contributed by atoms with Crippen molar-refractivity contribution in [2.75, 3.05) is 11.9 Å². The van der Waals surface area contributed by atoms with Gasteiger partial charge in [0.1, 0.15) is 0 Å². The van der Waals surface area contributed by atoms with Crippen LogP contribution in [0, 0.1) is 12.8 Å². The highest BCUT2D eigenvalue weighted by Gasteiger charge is 2.34. The van der Waals surface area contributed by atoms with E-state index < -0.39 is 0 Å². The fraction of sp³-hybridized carbons (Fsp3) is 0.263. The van der Waals surface area contributed by atoms with E-state index in [1.54, 1.807) is 4.90 Å². The maximum absolute atomic E-state index is 12.5. The summed E-state index contributed by atoms with van der Waals surface area (Å²) in [6, 6.07) is 13.7. The van der Waals surface area contributed by atoms with Crippen molar-refractivity contribution in [1.29, 1.82) is 0 Å². The molecule has 3 rings (SSSR count). The zero-order valence-electron chi connectivity index (χ0n) is 13.8. The van der Waals surface area contributed by atoms with E-state index in [0.717, 1.165) is 14.5 Å². The molecule has 4 nitrogen and oxygen atoms in total. The van der Waals surface area contributed by atoms with Crippen molar-refractivity contribution < 1.29 is 9.59 Å². The number of nitrogens with zero attached hydrogens (tertiary/aromatic N) is 1. The van der Waals surface area contributed by atoms with E-state index in [4.69, 9.17) is 0 Å². The summed E-state index contributed by atoms with van der Waals surface area (Å²) in [5.74, 6) is -0.434. The number of benzene rings is 2. The van der Waals surface area contributed by atoms with Crippen molar-refractivity contribution in [3.63, 3.8) is 0 Å². The van der Waals surface area contributed by atoms with Crippen LogP contribution in [0.25, 0.3) is 0 Å². The summed E-state index contributed by atoms with van der Waals surface area (Å²) < 4.78 is 1.69. The van der Waals surface area contributed by atoms with Crippen molar-refractivity contribution in [2.45, 2.75) is 19.9 Å². The summed E-state index contributed by atoms with van der Waals surface area (Å²) >= 11 is 6.82. The first kappa shape index (κ1) is 18.1. The van der Waals surface area contributed by atoms with Crippen LogP contribution in [0.4, 0.5) is 5.69 Å². The summed E-state index contributed by atoms with van der Waals surface area (Å²) in [4.78, 5) is 26.6. The van der Waals surface area contributed by atoms with Gasteiger partial charge >= 0.3 is 0 Å². The Morgan fingerprint density at radius 1 is 1.20 bits per heavy atom. The lowest BCUT2D eigenvalue weighted by Gasteiger charge is -2.17. The van der Waals surface area contributed by atoms with Gasteiger partial charge in [-0.3, -0.25) is 9.59 Å². The van der Waals surface area contributed by atoms with E-state index >= 15 is 0 Å². The third-order valence-electron chi connectivity index (χ3n) is 4.27. The van der Waals surface area contributed by atoms with Crippen LogP contribution in [0.2, 0.25) is 0 Å². The third-order valence-corrected chi connectivity index (χ3v) is 5.45. The molecule has 0 aliphatic carbocycles. The summed E-state index contributed by atoms with van der Waals surface area (Å²) in [5, 5.41) is 2.91. The molecule has 25 heavy (non-hydrogen) atoms. The van der Waals surface area contributed by atoms with E-state index in [2.05, 4.69) is 37.2 Å². The van der Waals surface area contributed by atoms with Gasteiger partial charge in [-0.1, -0.05) is 45.8 Å². The van der Waals surface area contributed by atoms with Crippen LogP contribution in [-0.2, 0) is 16.1 Å². The SMILES string of the molecule is Cc1ccc(CN2CC(C(=O)Nc3cc(Br)ccc3Br)CC2=O)cc1. The maximum atomic E-state index is 12.5. The molecule has 6 heteroatoms. The van der Waals surface area contributed by atoms with Crippen molar-refractivity contribution >= 4 is 49.4 Å². The van der Waals surface area contributed by atoms with Gasteiger partial charge in [-0.25, -0.2) is 0 Å². The quantitative estimate of drug-likeness (QED) is 0.722. The second-order valence-corrected chi connectivity index (χ2v) is 8.04. The molecule has 1 fully saturated rings. The molecule has 1 N–H and O–H groups in total. The average molecular weight is 466 g/mol. The van der Waals surface area contributed by atoms with Gasteiger partial charge < -0.3 is 10.2 Å². The molecule has 0 spiro atoms. The van der Waals surface area contributed by atoms with Crippen molar-refractivity contribution in [1.82, 2.24) is 4.90 Å². The largest absolute Gasteiger partial charge is 0.338 e. The Labute approximate surface area is 163 Å². The number of aryl methyl sites for hydroxylation is 1. The van der Waals surface area contributed by atoms with Gasteiger partial charge in [-0.05, 0) is 46.6 Å². The normalized spacial score (nSPS) is 17.0. The van der Waals surface area contributed by atoms with Gasteiger partial charge in [0.05, 0.1) is 11.6 Å². The summed E-state index contributed by atoms with van der Waals surface area (Å²) in [7, 11) is 0. The number of halogens is 2. The Morgan fingerprint density at radius 3 is 2.64 bits per heavy atom. The predicted molar refractivity (Wildman–Crippen MR) is 105 cm³/mol. The average Bonchev–Trinajstić information content (AvgIpc) is 2.94. The number of amides is 2. The lowest BCUT2D eigenvalue weighted by Crippen LogP contribution is -2.28. The zero-order chi connectivity index (χ0) is 18.0. The summed E-state index contributed by atoms with van der Waals surface area (Å²) in [5.41, 5.74) is 2.96. The van der Waals surface area contributed by atoms with Crippen LogP contribution in [-0.4, -0.2) is 23.3 Å². The second-order valence-electron chi connectivity index (χ2n) is 6.27. The number of hydrogen-bond donors (Lipinski definition) is 1. The van der Waals surface area contributed by atoms with Gasteiger partial charge in [0.15, 0.2) is 0 Å². The number of hydrogen-bond acceptors (Lipinski definition) is 2. The van der Waals surface area contributed by atoms with E-state index in [0.29, 0.717) is 18.8 Å². The van der Waals surface area contributed by atoms with Crippen LogP contribution in [0.15, 0.2) is 51.4 Å². The second kappa shape index (κ2) is 7.70. The molecular formula is C19H18Br2N2O2. The summed E-state index contributed by atoms with van der Waals surface area (Å²) in [6.45, 7) is 3.03. The van der Waals surface area contributed by atoms with Crippen LogP contribution < -0.4 is 5.32 Å². The van der Waals surface area contributed by atoms with Gasteiger partial charge in [0, 0.05) is 28.5 Å². The first-order chi connectivity index (χ1) is 11.9. The van der Waals surface area contributed by atoms with E-state index in [1.807, 2.05) is 49.4 Å². The number of carbonyl (C=O) groups is 2. The Morgan fingerprint density at radius 2 is 1.92 bits per heavy atom. The number of likely N-dealkylation sites (tertiary alicyclic amines) is 1. The molecule has 1 saturated heterocycles. The summed E-state index contributed by atoms with van der Waals surface area (Å²) in [6.07, 6.45) is 0.253. The smallest absolute Gasteiger partial charge is 0.229 e. The molecule has 0 radical (unpaired) electrons. The lowest BCUT2D eigenvalue weighted by atomic mass is 10.1. The van der Waals surface area contributed by atoms with Crippen LogP contribution >= 0.6 is 31.9 Å². The minimum absolute atomic E-state index is 0.0223. The van der Waals surface area contributed by atoms with Gasteiger partial charge in [0.25, 0.3) is 0 Å². The molecule has 1 aliphatic heterocycles. The Kier molecular flexibility index (Phi) is 5.59. The van der Waals surface area contributed by atoms with E-state index in [9.17, 15) is 9.59 Å². The molecule has 2 aromatic carbocycles. The van der Waals surface area contributed by atoms with Crippen LogP contribution in [0.5, 0.6) is 0 Å². The highest BCUT2D eigenvalue weighted by molar-refractivity contribution is 9.11. The molecule has 2 amide bonds. The molecule has 0 saturated carbocycles. The lowest BCUT2D eigenvalue weighted by molar-refractivity contribution is -0.128. The van der Waals surface area contributed by atoms with Crippen LogP contribution in [0.1, 0.15) is 17.5 Å². The fourth-order valence-electron chi connectivity index (χ4n) is 2.84. The number of anilines is 1. The molecule has 1 unspecified atom stereocenters. The van der Waals surface area contributed by atoms with Crippen molar-refractivity contribution in [2.24, 2.45) is 5.92 Å². The molecule has 1 heterocycles. The Hall–Kier alpha value is -1.66. The fourth-order valence-corrected chi connectivity index (χ4v) is 3.55. The maximum Gasteiger partial charge on any atom is 0.229 e. The molecule has 130 valence electrons. The van der Waals surface area contributed by atoms with Crippen molar-refractivity contribution in [3.05, 3.63) is 62.5 Å². The van der Waals surface area contributed by atoms with Crippen LogP contribution in [0.3, 0.4) is 0 Å². The van der Waals surface area contributed by atoms with Gasteiger partial charge in [0.2, 0.25) is 11.8 Å². The first-order valence-corrected chi connectivity index (χ1v) is 9.60. The zero-order valence-corrected chi connectivity index (χ0v) is 16.9. The molecule has 2 aromatic rings. The number of rotatable bonds is 4. The predicted octanol–water partition coefficient (Wildman–Crippen LogP) is 4.51. The highest BCUT2D eigenvalue weighted by Crippen LogP contribution is 2.28. The first-order valence-electron chi connectivity index (χ1n) is 8.01. The van der Waals surface area contributed by atoms with Crippen molar-refractivity contribution in [3.8, 4) is 0 Å². The minimum atomic E-state index is -0.330. The topological polar surface area (TPSA) is 49.4 Å². The molecule has 1 atom stereocenters. The van der Waals surface area contributed by atoms with Gasteiger partial charge in [-0.2, -0.15) is 0 Å². The van der Waals surface area contributed by atoms with E-state index in [-0.39, 0.29) is 24.2 Å². The number of nitrogens with one attached hydrogen (secondary N) is 1. The van der Waals surface area contributed by atoms with E-state index in [1.165, 1.54) is 5.56 Å². The minimum Gasteiger partial charge on any atom is -0.338 e. The molecule has 1 aliphatic rings. The Bertz CT molecular complexity index is 806. The molecular weight excluding hydrogens is 448 g/mol. The molecule has 0 aromatic heterocycles. The standard InChI is InChI=1S/C19H18Br2N2O2/c1-12-2-4-13(5-3-12)10-23-11-14(8-18(23)24)19(25)22-17-9-15(20)6-7-16(17)21/h2-7,9,14H,8,10-11H2,1H3,(H,22,25). The number of carbonyl (C=O) groups excluding carboxylic acids is 2. The van der Waals surface area contributed by atoms with Gasteiger partial charge in [-0.15, -0.1) is 0 Å². The highest BCUT2D eigenvalue weighted by atomic mass is 79.9. The Balaban J connectivity index is 1.64. The molecule has 0 bridgehead atoms. The third kappa shape index (κ3) is 4.50.